The zero-order valence-corrected chi connectivity index (χ0v) is 12.7. The number of alkyl halides is 1. The summed E-state index contributed by atoms with van der Waals surface area (Å²) in [5, 5.41) is 0. The molecule has 0 radical (unpaired) electrons. The van der Waals surface area contributed by atoms with Gasteiger partial charge in [-0.05, 0) is 37.1 Å². The summed E-state index contributed by atoms with van der Waals surface area (Å²) in [6, 6.07) is 8.07. The van der Waals surface area contributed by atoms with Crippen LogP contribution in [0.15, 0.2) is 36.7 Å². The lowest BCUT2D eigenvalue weighted by Crippen LogP contribution is -2.08. The van der Waals surface area contributed by atoms with Gasteiger partial charge in [0.25, 0.3) is 0 Å². The third kappa shape index (κ3) is 3.05. The Bertz CT molecular complexity index is 737. The van der Waals surface area contributed by atoms with Gasteiger partial charge in [0, 0.05) is 36.9 Å². The standard InChI is InChI=1S/C16H17ClN4/c1-12-4-5-14-16(19-12)21(15(20-14)6-8-17)10-7-13-3-2-9-18-11-13/h2-5,9,11H,6-8,10H2,1H3. The lowest BCUT2D eigenvalue weighted by Gasteiger charge is -2.08. The van der Waals surface area contributed by atoms with E-state index in [1.165, 1.54) is 5.56 Å². The monoisotopic (exact) mass is 300 g/mol. The zero-order chi connectivity index (χ0) is 14.7. The second-order valence-electron chi connectivity index (χ2n) is 5.03. The number of hydrogen-bond acceptors (Lipinski definition) is 3. The van der Waals surface area contributed by atoms with E-state index in [4.69, 9.17) is 11.6 Å². The van der Waals surface area contributed by atoms with E-state index in [9.17, 15) is 0 Å². The van der Waals surface area contributed by atoms with Crippen LogP contribution in [0, 0.1) is 6.92 Å². The molecule has 3 rings (SSSR count). The van der Waals surface area contributed by atoms with Crippen LogP contribution in [0.4, 0.5) is 0 Å². The quantitative estimate of drug-likeness (QED) is 0.680. The molecule has 4 nitrogen and oxygen atoms in total. The molecule has 0 N–H and O–H groups in total. The Balaban J connectivity index is 1.94. The van der Waals surface area contributed by atoms with Gasteiger partial charge in [0.05, 0.1) is 0 Å². The molecule has 0 spiro atoms. The number of rotatable bonds is 5. The van der Waals surface area contributed by atoms with Crippen LogP contribution in [0.5, 0.6) is 0 Å². The molecule has 0 aliphatic rings. The Hall–Kier alpha value is -1.94. The average molecular weight is 301 g/mol. The first kappa shape index (κ1) is 14.0. The van der Waals surface area contributed by atoms with Gasteiger partial charge in [-0.2, -0.15) is 0 Å². The highest BCUT2D eigenvalue weighted by atomic mass is 35.5. The van der Waals surface area contributed by atoms with Crippen LogP contribution >= 0.6 is 11.6 Å². The lowest BCUT2D eigenvalue weighted by atomic mass is 10.2. The largest absolute Gasteiger partial charge is 0.312 e. The molecule has 0 aliphatic heterocycles. The average Bonchev–Trinajstić information content (AvgIpc) is 2.83. The van der Waals surface area contributed by atoms with E-state index in [1.54, 1.807) is 6.20 Å². The first-order chi connectivity index (χ1) is 10.3. The first-order valence-corrected chi connectivity index (χ1v) is 7.59. The van der Waals surface area contributed by atoms with Crippen LogP contribution in [0.25, 0.3) is 11.2 Å². The molecule has 3 heterocycles. The van der Waals surface area contributed by atoms with Crippen LogP contribution < -0.4 is 0 Å². The lowest BCUT2D eigenvalue weighted by molar-refractivity contribution is 0.668. The minimum Gasteiger partial charge on any atom is -0.312 e. The van der Waals surface area contributed by atoms with Gasteiger partial charge in [-0.1, -0.05) is 6.07 Å². The minimum absolute atomic E-state index is 0.565. The molecule has 21 heavy (non-hydrogen) atoms. The van der Waals surface area contributed by atoms with Gasteiger partial charge in [-0.3, -0.25) is 4.98 Å². The highest BCUT2D eigenvalue weighted by molar-refractivity contribution is 6.17. The van der Waals surface area contributed by atoms with Crippen molar-refractivity contribution >= 4 is 22.8 Å². The molecule has 3 aromatic rings. The SMILES string of the molecule is Cc1ccc2nc(CCCl)n(CCc3cccnc3)c2n1. The molecule has 0 bridgehead atoms. The summed E-state index contributed by atoms with van der Waals surface area (Å²) in [5.74, 6) is 1.57. The summed E-state index contributed by atoms with van der Waals surface area (Å²) in [4.78, 5) is 13.4. The smallest absolute Gasteiger partial charge is 0.160 e. The predicted molar refractivity (Wildman–Crippen MR) is 84.6 cm³/mol. The van der Waals surface area contributed by atoms with E-state index in [-0.39, 0.29) is 0 Å². The van der Waals surface area contributed by atoms with Gasteiger partial charge in [0.1, 0.15) is 11.3 Å². The van der Waals surface area contributed by atoms with Gasteiger partial charge < -0.3 is 4.57 Å². The summed E-state index contributed by atoms with van der Waals surface area (Å²) in [5.41, 5.74) is 4.09. The van der Waals surface area contributed by atoms with Crippen molar-refractivity contribution in [2.75, 3.05) is 5.88 Å². The van der Waals surface area contributed by atoms with E-state index in [0.29, 0.717) is 5.88 Å². The summed E-state index contributed by atoms with van der Waals surface area (Å²) in [7, 11) is 0. The topological polar surface area (TPSA) is 43.6 Å². The maximum absolute atomic E-state index is 5.90. The predicted octanol–water partition coefficient (Wildman–Crippen LogP) is 3.16. The highest BCUT2D eigenvalue weighted by Crippen LogP contribution is 2.16. The molecule has 0 fully saturated rings. The molecule has 0 amide bonds. The van der Waals surface area contributed by atoms with Gasteiger partial charge >= 0.3 is 0 Å². The number of aryl methyl sites for hydroxylation is 4. The maximum atomic E-state index is 5.90. The molecule has 5 heteroatoms. The Morgan fingerprint density at radius 3 is 2.81 bits per heavy atom. The molecule has 0 saturated carbocycles. The molecule has 0 saturated heterocycles. The Kier molecular flexibility index (Phi) is 4.15. The molecular formula is C16H17ClN4. The van der Waals surface area contributed by atoms with Crippen molar-refractivity contribution in [1.82, 2.24) is 19.5 Å². The van der Waals surface area contributed by atoms with Gasteiger partial charge in [0.15, 0.2) is 5.65 Å². The first-order valence-electron chi connectivity index (χ1n) is 7.05. The summed E-state index contributed by atoms with van der Waals surface area (Å²) >= 11 is 5.90. The van der Waals surface area contributed by atoms with Crippen molar-refractivity contribution in [3.05, 3.63) is 53.7 Å². The van der Waals surface area contributed by atoms with Crippen LogP contribution in [-0.2, 0) is 19.4 Å². The fraction of sp³-hybridized carbons (Fsp3) is 0.312. The van der Waals surface area contributed by atoms with Crippen LogP contribution in [0.3, 0.4) is 0 Å². The van der Waals surface area contributed by atoms with E-state index in [1.807, 2.05) is 31.3 Å². The Morgan fingerprint density at radius 1 is 1.14 bits per heavy atom. The minimum atomic E-state index is 0.565. The molecule has 0 aliphatic carbocycles. The molecule has 0 aromatic carbocycles. The number of pyridine rings is 2. The van der Waals surface area contributed by atoms with Crippen LogP contribution in [0.1, 0.15) is 17.1 Å². The molecule has 3 aromatic heterocycles. The number of fused-ring (bicyclic) bond motifs is 1. The van der Waals surface area contributed by atoms with Crippen molar-refractivity contribution in [2.45, 2.75) is 26.3 Å². The van der Waals surface area contributed by atoms with Gasteiger partial charge in [0.2, 0.25) is 0 Å². The fourth-order valence-corrected chi connectivity index (χ4v) is 2.61. The summed E-state index contributed by atoms with van der Waals surface area (Å²) < 4.78 is 2.18. The molecule has 0 atom stereocenters. The second-order valence-corrected chi connectivity index (χ2v) is 5.40. The van der Waals surface area contributed by atoms with Crippen LogP contribution in [0.2, 0.25) is 0 Å². The molecule has 108 valence electrons. The number of imidazole rings is 1. The third-order valence-corrected chi connectivity index (χ3v) is 3.66. The summed E-state index contributed by atoms with van der Waals surface area (Å²) in [6.07, 6.45) is 5.35. The number of aromatic nitrogens is 4. The number of nitrogens with zero attached hydrogens (tertiary/aromatic N) is 4. The maximum Gasteiger partial charge on any atom is 0.160 e. The third-order valence-electron chi connectivity index (χ3n) is 3.48. The van der Waals surface area contributed by atoms with Gasteiger partial charge in [-0.25, -0.2) is 9.97 Å². The Morgan fingerprint density at radius 2 is 2.05 bits per heavy atom. The number of halogens is 1. The van der Waals surface area contributed by atoms with E-state index in [2.05, 4.69) is 25.6 Å². The van der Waals surface area contributed by atoms with Crippen molar-refractivity contribution in [1.29, 1.82) is 0 Å². The van der Waals surface area contributed by atoms with E-state index in [0.717, 1.165) is 42.1 Å². The van der Waals surface area contributed by atoms with E-state index >= 15 is 0 Å². The zero-order valence-electron chi connectivity index (χ0n) is 12.0. The second kappa shape index (κ2) is 6.22. The van der Waals surface area contributed by atoms with E-state index < -0.39 is 0 Å². The van der Waals surface area contributed by atoms with Crippen LogP contribution in [-0.4, -0.2) is 25.4 Å². The fourth-order valence-electron chi connectivity index (χ4n) is 2.44. The normalized spacial score (nSPS) is 11.1. The highest BCUT2D eigenvalue weighted by Gasteiger charge is 2.11. The van der Waals surface area contributed by atoms with Gasteiger partial charge in [-0.15, -0.1) is 11.6 Å². The summed E-state index contributed by atoms with van der Waals surface area (Å²) in [6.45, 7) is 2.84. The van der Waals surface area contributed by atoms with Crippen molar-refractivity contribution in [3.8, 4) is 0 Å². The van der Waals surface area contributed by atoms with Crippen molar-refractivity contribution in [2.24, 2.45) is 0 Å². The van der Waals surface area contributed by atoms with Crippen molar-refractivity contribution < 1.29 is 0 Å². The molecular weight excluding hydrogens is 284 g/mol. The van der Waals surface area contributed by atoms with Crippen molar-refractivity contribution in [3.63, 3.8) is 0 Å². The molecule has 0 unspecified atom stereocenters. The Labute approximate surface area is 128 Å². The number of hydrogen-bond donors (Lipinski definition) is 0.